The van der Waals surface area contributed by atoms with E-state index < -0.39 is 5.97 Å². The first-order valence-corrected chi connectivity index (χ1v) is 8.37. The molecule has 4 rings (SSSR count). The number of fused-ring (bicyclic) bond motifs is 5. The molecule has 1 heterocycles. The summed E-state index contributed by atoms with van der Waals surface area (Å²) in [5.41, 5.74) is 3.17. The summed E-state index contributed by atoms with van der Waals surface area (Å²) < 4.78 is 4.72. The first-order chi connectivity index (χ1) is 12.0. The fraction of sp³-hybridized carbons (Fsp3) is 0.350. The predicted octanol–water partition coefficient (Wildman–Crippen LogP) is 2.73. The Bertz CT molecular complexity index is 828. The molecule has 2 fully saturated rings. The van der Waals surface area contributed by atoms with Crippen LogP contribution >= 0.6 is 0 Å². The van der Waals surface area contributed by atoms with Crippen LogP contribution in [-0.4, -0.2) is 24.9 Å². The third-order valence-corrected chi connectivity index (χ3v) is 5.52. The van der Waals surface area contributed by atoms with Gasteiger partial charge in [-0.25, -0.2) is 9.69 Å². The lowest BCUT2D eigenvalue weighted by Crippen LogP contribution is -2.33. The van der Waals surface area contributed by atoms with Gasteiger partial charge in [0.15, 0.2) is 0 Å². The number of rotatable bonds is 2. The molecule has 0 radical (unpaired) electrons. The summed E-state index contributed by atoms with van der Waals surface area (Å²) >= 11 is 0. The zero-order valence-corrected chi connectivity index (χ0v) is 14.4. The van der Waals surface area contributed by atoms with E-state index in [0.717, 1.165) is 0 Å². The van der Waals surface area contributed by atoms with Gasteiger partial charge in [0, 0.05) is 11.8 Å². The van der Waals surface area contributed by atoms with Crippen LogP contribution < -0.4 is 4.90 Å². The van der Waals surface area contributed by atoms with Gasteiger partial charge in [-0.05, 0) is 32.0 Å². The van der Waals surface area contributed by atoms with Crippen molar-refractivity contribution in [2.24, 2.45) is 23.7 Å². The summed E-state index contributed by atoms with van der Waals surface area (Å²) in [5.74, 6) is -1.45. The standard InChI is InChI=1S/C20H19NO4/c1-10(2)15-13-7-8-14(15)17-16(13)18(22)21(19(17)23)12-6-4-5-11(9-12)20(24)25-3/h4-9,13-14,16-17H,1-3H3/t13-,14-,16-,17-/m1/s1. The van der Waals surface area contributed by atoms with Crippen molar-refractivity contribution in [3.63, 3.8) is 0 Å². The van der Waals surface area contributed by atoms with Crippen molar-refractivity contribution >= 4 is 23.5 Å². The number of anilines is 1. The highest BCUT2D eigenvalue weighted by Crippen LogP contribution is 2.57. The Kier molecular flexibility index (Phi) is 3.42. The van der Waals surface area contributed by atoms with Gasteiger partial charge in [0.05, 0.1) is 30.2 Å². The Labute approximate surface area is 146 Å². The molecule has 0 spiro atoms. The summed E-state index contributed by atoms with van der Waals surface area (Å²) in [4.78, 5) is 39.1. The minimum Gasteiger partial charge on any atom is -0.465 e. The minimum absolute atomic E-state index is 0.0187. The average molecular weight is 337 g/mol. The highest BCUT2D eigenvalue weighted by atomic mass is 16.5. The van der Waals surface area contributed by atoms with Crippen LogP contribution in [0.15, 0.2) is 47.6 Å². The van der Waals surface area contributed by atoms with Gasteiger partial charge < -0.3 is 4.74 Å². The summed E-state index contributed by atoms with van der Waals surface area (Å²) in [5, 5.41) is 0. The van der Waals surface area contributed by atoms with Crippen molar-refractivity contribution in [2.45, 2.75) is 13.8 Å². The normalized spacial score (nSPS) is 29.4. The number of hydrogen-bond donors (Lipinski definition) is 0. The minimum atomic E-state index is -0.491. The number of carbonyl (C=O) groups is 3. The molecule has 1 aliphatic heterocycles. The fourth-order valence-electron chi connectivity index (χ4n) is 4.57. The number of imide groups is 1. The Morgan fingerprint density at radius 3 is 2.16 bits per heavy atom. The van der Waals surface area contributed by atoms with Crippen LogP contribution in [0.1, 0.15) is 24.2 Å². The lowest BCUT2D eigenvalue weighted by atomic mass is 9.85. The number of methoxy groups -OCH3 is 1. The van der Waals surface area contributed by atoms with E-state index in [0.29, 0.717) is 11.3 Å². The van der Waals surface area contributed by atoms with Crippen LogP contribution in [0.3, 0.4) is 0 Å². The van der Waals surface area contributed by atoms with Gasteiger partial charge in [0.2, 0.25) is 11.8 Å². The van der Waals surface area contributed by atoms with E-state index in [1.807, 2.05) is 13.8 Å². The molecule has 2 amide bonds. The fourth-order valence-corrected chi connectivity index (χ4v) is 4.57. The van der Waals surface area contributed by atoms with Gasteiger partial charge in [-0.3, -0.25) is 9.59 Å². The largest absolute Gasteiger partial charge is 0.465 e. The van der Waals surface area contributed by atoms with E-state index in [2.05, 4.69) is 12.2 Å². The molecule has 3 aliphatic rings. The van der Waals surface area contributed by atoms with Gasteiger partial charge in [-0.1, -0.05) is 29.4 Å². The van der Waals surface area contributed by atoms with Crippen LogP contribution in [-0.2, 0) is 14.3 Å². The molecule has 0 N–H and O–H groups in total. The van der Waals surface area contributed by atoms with Crippen LogP contribution in [0.4, 0.5) is 5.69 Å². The molecule has 1 saturated carbocycles. The molecule has 1 aromatic carbocycles. The van der Waals surface area contributed by atoms with E-state index in [4.69, 9.17) is 4.74 Å². The first-order valence-electron chi connectivity index (χ1n) is 8.37. The van der Waals surface area contributed by atoms with Crippen LogP contribution in [0.25, 0.3) is 0 Å². The topological polar surface area (TPSA) is 63.7 Å². The van der Waals surface area contributed by atoms with Gasteiger partial charge in [-0.2, -0.15) is 0 Å². The molecular weight excluding hydrogens is 318 g/mol. The van der Waals surface area contributed by atoms with Crippen molar-refractivity contribution < 1.29 is 19.1 Å². The zero-order chi connectivity index (χ0) is 17.9. The molecule has 2 aliphatic carbocycles. The van der Waals surface area contributed by atoms with E-state index in [1.54, 1.807) is 24.3 Å². The Balaban J connectivity index is 1.73. The molecule has 1 saturated heterocycles. The maximum absolute atomic E-state index is 13.0. The van der Waals surface area contributed by atoms with Gasteiger partial charge in [0.25, 0.3) is 0 Å². The highest BCUT2D eigenvalue weighted by molar-refractivity contribution is 6.23. The van der Waals surface area contributed by atoms with Crippen molar-refractivity contribution in [3.05, 3.63) is 53.1 Å². The van der Waals surface area contributed by atoms with Crippen molar-refractivity contribution in [1.82, 2.24) is 0 Å². The number of amides is 2. The summed E-state index contributed by atoms with van der Waals surface area (Å²) in [6.07, 6.45) is 4.13. The molecule has 0 aromatic heterocycles. The molecule has 1 aromatic rings. The maximum Gasteiger partial charge on any atom is 0.337 e. The lowest BCUT2D eigenvalue weighted by Gasteiger charge is -2.19. The van der Waals surface area contributed by atoms with Crippen LogP contribution in [0.5, 0.6) is 0 Å². The third kappa shape index (κ3) is 2.05. The molecule has 5 heteroatoms. The van der Waals surface area contributed by atoms with Crippen LogP contribution in [0, 0.1) is 23.7 Å². The van der Waals surface area contributed by atoms with Gasteiger partial charge in [0.1, 0.15) is 0 Å². The molecule has 0 unspecified atom stereocenters. The smallest absolute Gasteiger partial charge is 0.337 e. The molecule has 2 bridgehead atoms. The second kappa shape index (κ2) is 5.41. The summed E-state index contributed by atoms with van der Waals surface area (Å²) in [6, 6.07) is 6.48. The number of nitrogens with zero attached hydrogens (tertiary/aromatic N) is 1. The Morgan fingerprint density at radius 2 is 1.64 bits per heavy atom. The van der Waals surface area contributed by atoms with Crippen LogP contribution in [0.2, 0.25) is 0 Å². The third-order valence-electron chi connectivity index (χ3n) is 5.52. The van der Waals surface area contributed by atoms with Crippen molar-refractivity contribution in [1.29, 1.82) is 0 Å². The van der Waals surface area contributed by atoms with E-state index in [-0.39, 0.29) is 35.5 Å². The number of benzene rings is 1. The summed E-state index contributed by atoms with van der Waals surface area (Å²) in [6.45, 7) is 4.08. The number of hydrogen-bond acceptors (Lipinski definition) is 4. The SMILES string of the molecule is COC(=O)c1cccc(N2C(=O)[C@H]3[C@H](C2=O)[C@@H]2C=C[C@@H]3C2=C(C)C)c1. The van der Waals surface area contributed by atoms with Gasteiger partial charge >= 0.3 is 5.97 Å². The quantitative estimate of drug-likeness (QED) is 0.473. The lowest BCUT2D eigenvalue weighted by molar-refractivity contribution is -0.122. The Hall–Kier alpha value is -2.69. The molecule has 4 atom stereocenters. The molecule has 5 nitrogen and oxygen atoms in total. The van der Waals surface area contributed by atoms with E-state index >= 15 is 0 Å². The van der Waals surface area contributed by atoms with Crippen molar-refractivity contribution in [2.75, 3.05) is 12.0 Å². The number of carbonyl (C=O) groups excluding carboxylic acids is 3. The average Bonchev–Trinajstić information content (AvgIpc) is 3.24. The van der Waals surface area contributed by atoms with Gasteiger partial charge in [-0.15, -0.1) is 0 Å². The maximum atomic E-state index is 13.0. The van der Waals surface area contributed by atoms with E-state index in [9.17, 15) is 14.4 Å². The molecule has 25 heavy (non-hydrogen) atoms. The van der Waals surface area contributed by atoms with E-state index in [1.165, 1.54) is 23.2 Å². The second-order valence-corrected chi connectivity index (χ2v) is 7.00. The number of esters is 1. The monoisotopic (exact) mass is 337 g/mol. The summed E-state index contributed by atoms with van der Waals surface area (Å²) in [7, 11) is 1.30. The highest BCUT2D eigenvalue weighted by Gasteiger charge is 2.61. The second-order valence-electron chi connectivity index (χ2n) is 7.00. The first kappa shape index (κ1) is 15.8. The number of allylic oxidation sites excluding steroid dienone is 4. The molecular formula is C20H19NO4. The molecule has 128 valence electrons. The zero-order valence-electron chi connectivity index (χ0n) is 14.4. The number of ether oxygens (including phenoxy) is 1. The predicted molar refractivity (Wildman–Crippen MR) is 91.7 cm³/mol. The van der Waals surface area contributed by atoms with Crippen molar-refractivity contribution in [3.8, 4) is 0 Å². The Morgan fingerprint density at radius 1 is 1.04 bits per heavy atom.